The van der Waals surface area contributed by atoms with Gasteiger partial charge in [0, 0.05) is 0 Å². The van der Waals surface area contributed by atoms with Crippen LogP contribution < -0.4 is 5.32 Å². The molecule has 0 atom stereocenters. The Kier molecular flexibility index (Phi) is 3.05. The Bertz CT molecular complexity index is 330. The zero-order valence-corrected chi connectivity index (χ0v) is 9.44. The fraction of sp³-hybridized carbons (Fsp3) is 0.625. The molecule has 5 nitrogen and oxygen atoms in total. The Morgan fingerprint density at radius 3 is 2.50 bits per heavy atom. The van der Waals surface area contributed by atoms with Gasteiger partial charge in [-0.05, 0) is 27.7 Å². The SMILES string of the molecule is Cc1nsnc1NC(=O)OC(C)(C)C. The number of ether oxygens (including phenoxy) is 1. The lowest BCUT2D eigenvalue weighted by Crippen LogP contribution is -2.27. The van der Waals surface area contributed by atoms with Crippen LogP contribution in [0.1, 0.15) is 26.5 Å². The molecule has 0 saturated carbocycles. The van der Waals surface area contributed by atoms with E-state index < -0.39 is 11.7 Å². The highest BCUT2D eigenvalue weighted by Crippen LogP contribution is 2.13. The number of hydrogen-bond acceptors (Lipinski definition) is 5. The van der Waals surface area contributed by atoms with Crippen LogP contribution in [0.4, 0.5) is 10.6 Å². The number of carbonyl (C=O) groups excluding carboxylic acids is 1. The van der Waals surface area contributed by atoms with E-state index in [1.807, 2.05) is 0 Å². The van der Waals surface area contributed by atoms with Gasteiger partial charge in [-0.3, -0.25) is 5.32 Å². The van der Waals surface area contributed by atoms with E-state index in [2.05, 4.69) is 14.1 Å². The van der Waals surface area contributed by atoms with E-state index in [0.29, 0.717) is 11.5 Å². The van der Waals surface area contributed by atoms with Gasteiger partial charge in [0.15, 0.2) is 5.82 Å². The molecule has 1 aromatic rings. The average molecular weight is 215 g/mol. The second-order valence-electron chi connectivity index (χ2n) is 3.83. The molecule has 0 saturated heterocycles. The fourth-order valence-corrected chi connectivity index (χ4v) is 1.25. The largest absolute Gasteiger partial charge is 0.444 e. The highest BCUT2D eigenvalue weighted by atomic mass is 32.1. The van der Waals surface area contributed by atoms with E-state index in [0.717, 1.165) is 11.7 Å². The molecule has 1 N–H and O–H groups in total. The number of amides is 1. The summed E-state index contributed by atoms with van der Waals surface area (Å²) < 4.78 is 12.9. The zero-order chi connectivity index (χ0) is 10.8. The van der Waals surface area contributed by atoms with E-state index in [1.54, 1.807) is 27.7 Å². The summed E-state index contributed by atoms with van der Waals surface area (Å²) in [5.74, 6) is 0.462. The highest BCUT2D eigenvalue weighted by molar-refractivity contribution is 6.99. The number of nitrogens with zero attached hydrogens (tertiary/aromatic N) is 2. The molecule has 78 valence electrons. The van der Waals surface area contributed by atoms with Crippen LogP contribution in [0.25, 0.3) is 0 Å². The lowest BCUT2D eigenvalue weighted by Gasteiger charge is -2.19. The van der Waals surface area contributed by atoms with Crippen molar-refractivity contribution in [2.75, 3.05) is 5.32 Å². The Labute approximate surface area is 86.8 Å². The van der Waals surface area contributed by atoms with Crippen molar-refractivity contribution in [1.29, 1.82) is 0 Å². The molecule has 6 heteroatoms. The second kappa shape index (κ2) is 3.91. The fourth-order valence-electron chi connectivity index (χ4n) is 0.745. The monoisotopic (exact) mass is 215 g/mol. The lowest BCUT2D eigenvalue weighted by molar-refractivity contribution is 0.0635. The van der Waals surface area contributed by atoms with Gasteiger partial charge in [-0.25, -0.2) is 4.79 Å². The first kappa shape index (κ1) is 10.9. The van der Waals surface area contributed by atoms with Crippen molar-refractivity contribution in [3.63, 3.8) is 0 Å². The van der Waals surface area contributed by atoms with Gasteiger partial charge in [0.05, 0.1) is 17.4 Å². The van der Waals surface area contributed by atoms with Crippen LogP contribution in [0.5, 0.6) is 0 Å². The number of nitrogens with one attached hydrogen (secondary N) is 1. The third-order valence-electron chi connectivity index (χ3n) is 1.27. The Morgan fingerprint density at radius 2 is 2.07 bits per heavy atom. The molecule has 0 spiro atoms. The summed E-state index contributed by atoms with van der Waals surface area (Å²) in [6, 6.07) is 0. The molecule has 1 heterocycles. The van der Waals surface area contributed by atoms with Gasteiger partial charge in [0.25, 0.3) is 0 Å². The molecule has 1 aromatic heterocycles. The Balaban J connectivity index is 2.54. The van der Waals surface area contributed by atoms with E-state index in [4.69, 9.17) is 4.74 Å². The third-order valence-corrected chi connectivity index (χ3v) is 1.89. The van der Waals surface area contributed by atoms with Crippen molar-refractivity contribution < 1.29 is 9.53 Å². The molecule has 0 aromatic carbocycles. The van der Waals surface area contributed by atoms with Gasteiger partial charge in [0.1, 0.15) is 5.60 Å². The normalized spacial score (nSPS) is 11.1. The minimum absolute atomic E-state index is 0.462. The molecular weight excluding hydrogens is 202 g/mol. The smallest absolute Gasteiger partial charge is 0.413 e. The summed E-state index contributed by atoms with van der Waals surface area (Å²) in [6.07, 6.45) is -0.506. The Hall–Kier alpha value is -1.17. The van der Waals surface area contributed by atoms with Crippen LogP contribution in [0.15, 0.2) is 0 Å². The van der Waals surface area contributed by atoms with Crippen LogP contribution in [0, 0.1) is 6.92 Å². The first-order chi connectivity index (χ1) is 6.38. The highest BCUT2D eigenvalue weighted by Gasteiger charge is 2.17. The number of rotatable bonds is 1. The number of carbonyl (C=O) groups is 1. The van der Waals surface area contributed by atoms with Gasteiger partial charge in [0.2, 0.25) is 0 Å². The number of anilines is 1. The standard InChI is InChI=1S/C8H13N3O2S/c1-5-6(11-14-10-5)9-7(12)13-8(2,3)4/h1-4H3,(H,9,11,12). The minimum Gasteiger partial charge on any atom is -0.444 e. The van der Waals surface area contributed by atoms with Crippen LogP contribution in [0.2, 0.25) is 0 Å². The quantitative estimate of drug-likeness (QED) is 0.780. The van der Waals surface area contributed by atoms with Gasteiger partial charge in [-0.15, -0.1) is 0 Å². The summed E-state index contributed by atoms with van der Waals surface area (Å²) in [5.41, 5.74) is 0.197. The lowest BCUT2D eigenvalue weighted by atomic mass is 10.2. The van der Waals surface area contributed by atoms with E-state index in [9.17, 15) is 4.79 Å². The maximum absolute atomic E-state index is 11.3. The van der Waals surface area contributed by atoms with Gasteiger partial charge < -0.3 is 4.74 Å². The van der Waals surface area contributed by atoms with Crippen molar-refractivity contribution in [3.8, 4) is 0 Å². The first-order valence-electron chi connectivity index (χ1n) is 4.17. The third kappa shape index (κ3) is 3.29. The molecular formula is C8H13N3O2S. The molecule has 0 unspecified atom stereocenters. The van der Waals surface area contributed by atoms with Gasteiger partial charge >= 0.3 is 6.09 Å². The molecule has 0 fully saturated rings. The summed E-state index contributed by atoms with van der Waals surface area (Å²) in [7, 11) is 0. The molecule has 1 amide bonds. The predicted octanol–water partition coefficient (Wildman–Crippen LogP) is 2.19. The number of hydrogen-bond donors (Lipinski definition) is 1. The molecule has 0 aliphatic heterocycles. The van der Waals surface area contributed by atoms with Crippen molar-refractivity contribution >= 4 is 23.6 Å². The summed E-state index contributed by atoms with van der Waals surface area (Å²) >= 11 is 1.06. The second-order valence-corrected chi connectivity index (χ2v) is 4.35. The van der Waals surface area contributed by atoms with E-state index >= 15 is 0 Å². The Morgan fingerprint density at radius 1 is 1.43 bits per heavy atom. The van der Waals surface area contributed by atoms with Crippen LogP contribution in [-0.2, 0) is 4.74 Å². The number of aromatic nitrogens is 2. The van der Waals surface area contributed by atoms with E-state index in [1.165, 1.54) is 0 Å². The molecule has 0 radical (unpaired) electrons. The molecule has 0 aliphatic carbocycles. The molecule has 0 bridgehead atoms. The zero-order valence-electron chi connectivity index (χ0n) is 8.62. The maximum Gasteiger partial charge on any atom is 0.413 e. The molecule has 1 rings (SSSR count). The van der Waals surface area contributed by atoms with Crippen molar-refractivity contribution in [3.05, 3.63) is 5.69 Å². The van der Waals surface area contributed by atoms with Crippen molar-refractivity contribution in [2.24, 2.45) is 0 Å². The number of aryl methyl sites for hydroxylation is 1. The summed E-state index contributed by atoms with van der Waals surface area (Å²) in [5, 5.41) is 2.52. The predicted molar refractivity (Wildman–Crippen MR) is 54.5 cm³/mol. The van der Waals surface area contributed by atoms with Crippen molar-refractivity contribution in [1.82, 2.24) is 8.75 Å². The molecule has 14 heavy (non-hydrogen) atoms. The van der Waals surface area contributed by atoms with Crippen LogP contribution in [-0.4, -0.2) is 20.4 Å². The van der Waals surface area contributed by atoms with E-state index in [-0.39, 0.29) is 0 Å². The van der Waals surface area contributed by atoms with Gasteiger partial charge in [-0.2, -0.15) is 8.75 Å². The first-order valence-corrected chi connectivity index (χ1v) is 4.91. The maximum atomic E-state index is 11.3. The topological polar surface area (TPSA) is 64.1 Å². The van der Waals surface area contributed by atoms with Crippen molar-refractivity contribution in [2.45, 2.75) is 33.3 Å². The van der Waals surface area contributed by atoms with Crippen LogP contribution >= 0.6 is 11.7 Å². The summed E-state index contributed by atoms with van der Waals surface area (Å²) in [4.78, 5) is 11.3. The summed E-state index contributed by atoms with van der Waals surface area (Å²) in [6.45, 7) is 7.19. The molecule has 0 aliphatic rings. The average Bonchev–Trinajstić information content (AvgIpc) is 2.32. The minimum atomic E-state index is -0.506. The van der Waals surface area contributed by atoms with Gasteiger partial charge in [-0.1, -0.05) is 0 Å². The van der Waals surface area contributed by atoms with Crippen LogP contribution in [0.3, 0.4) is 0 Å².